The number of rotatable bonds is 2. The molecule has 0 unspecified atom stereocenters. The molecule has 4 heteroatoms. The number of ether oxygens (including phenoxy) is 1. The van der Waals surface area contributed by atoms with Crippen molar-refractivity contribution in [2.75, 3.05) is 5.75 Å². The third-order valence-corrected chi connectivity index (χ3v) is 4.56. The van der Waals surface area contributed by atoms with Crippen LogP contribution in [-0.2, 0) is 9.53 Å². The van der Waals surface area contributed by atoms with Crippen LogP contribution in [0.3, 0.4) is 0 Å². The third kappa shape index (κ3) is 2.07. The second kappa shape index (κ2) is 4.84. The fourth-order valence-corrected chi connectivity index (χ4v) is 3.68. The van der Waals surface area contributed by atoms with Crippen molar-refractivity contribution in [3.05, 3.63) is 35.9 Å². The predicted octanol–water partition coefficient (Wildman–Crippen LogP) is 2.79. The van der Waals surface area contributed by atoms with Crippen LogP contribution in [0.4, 0.5) is 0 Å². The Morgan fingerprint density at radius 2 is 2.16 bits per heavy atom. The lowest BCUT2D eigenvalue weighted by atomic mass is 9.97. The van der Waals surface area contributed by atoms with Gasteiger partial charge >= 0.3 is 0 Å². The summed E-state index contributed by atoms with van der Waals surface area (Å²) in [6.45, 7) is 2.03. The zero-order valence-corrected chi connectivity index (χ0v) is 12.0. The molecule has 2 aliphatic heterocycles. The smallest absolute Gasteiger partial charge is 0.225 e. The molecule has 2 aliphatic rings. The first kappa shape index (κ1) is 13.0. The van der Waals surface area contributed by atoms with Gasteiger partial charge in [-0.1, -0.05) is 30.3 Å². The molecule has 3 atom stereocenters. The number of benzene rings is 1. The van der Waals surface area contributed by atoms with Gasteiger partial charge in [-0.05, 0) is 25.3 Å². The van der Waals surface area contributed by atoms with Crippen molar-refractivity contribution in [2.45, 2.75) is 44.1 Å². The van der Waals surface area contributed by atoms with Crippen molar-refractivity contribution >= 4 is 18.5 Å². The van der Waals surface area contributed by atoms with Crippen LogP contribution >= 0.6 is 12.6 Å². The van der Waals surface area contributed by atoms with E-state index in [0.717, 1.165) is 18.4 Å². The molecule has 3 nitrogen and oxygen atoms in total. The Bertz CT molecular complexity index is 478. The lowest BCUT2D eigenvalue weighted by Gasteiger charge is -2.39. The molecule has 1 aromatic rings. The van der Waals surface area contributed by atoms with Crippen LogP contribution in [0.2, 0.25) is 0 Å². The molecule has 0 N–H and O–H groups in total. The van der Waals surface area contributed by atoms with Gasteiger partial charge in [0.15, 0.2) is 0 Å². The molecule has 0 spiro atoms. The predicted molar refractivity (Wildman–Crippen MR) is 77.0 cm³/mol. The topological polar surface area (TPSA) is 29.5 Å². The van der Waals surface area contributed by atoms with Crippen LogP contribution in [0.25, 0.3) is 0 Å². The van der Waals surface area contributed by atoms with E-state index in [4.69, 9.17) is 4.74 Å². The second-order valence-electron chi connectivity index (χ2n) is 5.49. The number of thiol groups is 1. The minimum atomic E-state index is -0.455. The molecule has 102 valence electrons. The van der Waals surface area contributed by atoms with E-state index >= 15 is 0 Å². The number of nitrogens with zero attached hydrogens (tertiary/aromatic N) is 1. The lowest BCUT2D eigenvalue weighted by molar-refractivity contribution is -0.159. The van der Waals surface area contributed by atoms with Crippen LogP contribution in [0.1, 0.15) is 37.9 Å². The van der Waals surface area contributed by atoms with E-state index in [1.165, 1.54) is 0 Å². The summed E-state index contributed by atoms with van der Waals surface area (Å²) in [6.07, 6.45) is 2.38. The van der Waals surface area contributed by atoms with Crippen LogP contribution in [0, 0.1) is 0 Å². The number of hydrogen-bond donors (Lipinski definition) is 1. The maximum Gasteiger partial charge on any atom is 0.225 e. The van der Waals surface area contributed by atoms with Crippen molar-refractivity contribution in [1.82, 2.24) is 4.90 Å². The highest BCUT2D eigenvalue weighted by atomic mass is 32.1. The Morgan fingerprint density at radius 1 is 1.42 bits per heavy atom. The minimum Gasteiger partial charge on any atom is -0.346 e. The summed E-state index contributed by atoms with van der Waals surface area (Å²) in [5.74, 6) is 0.826. The van der Waals surface area contributed by atoms with Gasteiger partial charge in [0.2, 0.25) is 5.91 Å². The molecule has 0 aliphatic carbocycles. The van der Waals surface area contributed by atoms with Gasteiger partial charge in [-0.15, -0.1) is 0 Å². The summed E-state index contributed by atoms with van der Waals surface area (Å²) in [7, 11) is 0. The van der Waals surface area contributed by atoms with Gasteiger partial charge < -0.3 is 9.64 Å². The summed E-state index contributed by atoms with van der Waals surface area (Å²) in [5, 5.41) is 0. The summed E-state index contributed by atoms with van der Waals surface area (Å²) >= 11 is 4.45. The van der Waals surface area contributed by atoms with Gasteiger partial charge in [-0.2, -0.15) is 12.6 Å². The molecule has 1 aromatic carbocycles. The van der Waals surface area contributed by atoms with Crippen LogP contribution in [-0.4, -0.2) is 28.3 Å². The van der Waals surface area contributed by atoms with Crippen molar-refractivity contribution in [1.29, 1.82) is 0 Å². The van der Waals surface area contributed by atoms with Crippen molar-refractivity contribution in [3.63, 3.8) is 0 Å². The Hall–Kier alpha value is -1.00. The molecule has 3 rings (SSSR count). The number of amides is 1. The van der Waals surface area contributed by atoms with E-state index in [-0.39, 0.29) is 18.1 Å². The Morgan fingerprint density at radius 3 is 2.84 bits per heavy atom. The molecule has 1 amide bonds. The highest BCUT2D eigenvalue weighted by Crippen LogP contribution is 2.46. The van der Waals surface area contributed by atoms with Crippen LogP contribution < -0.4 is 0 Å². The largest absolute Gasteiger partial charge is 0.346 e. The van der Waals surface area contributed by atoms with Gasteiger partial charge in [-0.3, -0.25) is 4.79 Å². The fraction of sp³-hybridized carbons (Fsp3) is 0.533. The highest BCUT2D eigenvalue weighted by molar-refractivity contribution is 7.80. The van der Waals surface area contributed by atoms with Crippen molar-refractivity contribution < 1.29 is 9.53 Å². The maximum absolute atomic E-state index is 12.2. The number of fused-ring (bicyclic) bond motifs is 1. The lowest BCUT2D eigenvalue weighted by Crippen LogP contribution is -2.52. The Kier molecular flexibility index (Phi) is 3.31. The number of carbonyl (C=O) groups excluding carboxylic acids is 1. The summed E-state index contributed by atoms with van der Waals surface area (Å²) in [6, 6.07) is 10.2. The zero-order chi connectivity index (χ0) is 13.5. The molecule has 0 bridgehead atoms. The van der Waals surface area contributed by atoms with E-state index in [1.807, 2.05) is 30.0 Å². The summed E-state index contributed by atoms with van der Waals surface area (Å²) in [5.41, 5.74) is 0.674. The number of carbonyl (C=O) groups is 1. The molecule has 0 aromatic heterocycles. The average Bonchev–Trinajstić information content (AvgIpc) is 2.74. The molecule has 0 saturated carbocycles. The first-order chi connectivity index (χ1) is 9.15. The Balaban J connectivity index is 1.97. The monoisotopic (exact) mass is 277 g/mol. The Labute approximate surface area is 119 Å². The van der Waals surface area contributed by atoms with Crippen molar-refractivity contribution in [3.8, 4) is 0 Å². The van der Waals surface area contributed by atoms with E-state index < -0.39 is 5.72 Å². The average molecular weight is 277 g/mol. The molecular formula is C15H19NO2S. The maximum atomic E-state index is 12.2. The van der Waals surface area contributed by atoms with Crippen LogP contribution in [0.5, 0.6) is 0 Å². The molecule has 2 fully saturated rings. The minimum absolute atomic E-state index is 0.0310. The normalized spacial score (nSPS) is 34.4. The van der Waals surface area contributed by atoms with E-state index in [0.29, 0.717) is 12.2 Å². The SMILES string of the molecule is C[C@]12CCCC(=O)N1[C@H](CS)[C@@H](c1ccccc1)O2. The standard InChI is InChI=1S/C15H19NO2S/c1-15-9-5-8-13(17)16(15)12(10-19)14(18-15)11-6-3-2-4-7-11/h2-4,6-7,12,14,19H,5,8-10H2,1H3/t12-,14-,15+/m1/s1. The van der Waals surface area contributed by atoms with Gasteiger partial charge in [0, 0.05) is 12.2 Å². The van der Waals surface area contributed by atoms with E-state index in [1.54, 1.807) is 0 Å². The first-order valence-corrected chi connectivity index (χ1v) is 7.45. The molecular weight excluding hydrogens is 258 g/mol. The van der Waals surface area contributed by atoms with Gasteiger partial charge in [0.05, 0.1) is 6.04 Å². The van der Waals surface area contributed by atoms with Gasteiger partial charge in [-0.25, -0.2) is 0 Å². The van der Waals surface area contributed by atoms with Crippen LogP contribution in [0.15, 0.2) is 30.3 Å². The molecule has 2 heterocycles. The quantitative estimate of drug-likeness (QED) is 0.842. The van der Waals surface area contributed by atoms with E-state index in [9.17, 15) is 4.79 Å². The highest BCUT2D eigenvalue weighted by Gasteiger charge is 2.53. The van der Waals surface area contributed by atoms with E-state index in [2.05, 4.69) is 24.8 Å². The second-order valence-corrected chi connectivity index (χ2v) is 5.86. The zero-order valence-electron chi connectivity index (χ0n) is 11.1. The number of piperidine rings is 1. The van der Waals surface area contributed by atoms with Gasteiger partial charge in [0.1, 0.15) is 11.8 Å². The summed E-state index contributed by atoms with van der Waals surface area (Å²) < 4.78 is 6.27. The molecule has 2 saturated heterocycles. The third-order valence-electron chi connectivity index (χ3n) is 4.19. The molecule has 19 heavy (non-hydrogen) atoms. The fourth-order valence-electron chi connectivity index (χ4n) is 3.32. The summed E-state index contributed by atoms with van der Waals surface area (Å²) in [4.78, 5) is 14.2. The van der Waals surface area contributed by atoms with Gasteiger partial charge in [0.25, 0.3) is 0 Å². The van der Waals surface area contributed by atoms with Crippen molar-refractivity contribution in [2.24, 2.45) is 0 Å². The first-order valence-electron chi connectivity index (χ1n) is 6.81. The number of hydrogen-bond acceptors (Lipinski definition) is 3. The molecule has 0 radical (unpaired) electrons.